The van der Waals surface area contributed by atoms with Gasteiger partial charge >= 0.3 is 0 Å². The summed E-state index contributed by atoms with van der Waals surface area (Å²) in [5.41, 5.74) is 17.4. The van der Waals surface area contributed by atoms with Crippen LogP contribution in [0.2, 0.25) is 0 Å². The van der Waals surface area contributed by atoms with Gasteiger partial charge in [0.2, 0.25) is 0 Å². The molecule has 0 atom stereocenters. The molecular formula is C44H31N. The smallest absolute Gasteiger partial charge is 0.0726 e. The fourth-order valence-corrected chi connectivity index (χ4v) is 7.87. The second-order valence-corrected chi connectivity index (χ2v) is 12.2. The first-order chi connectivity index (χ1) is 22.2. The molecule has 2 aliphatic carbocycles. The maximum atomic E-state index is 2.47. The summed E-state index contributed by atoms with van der Waals surface area (Å²) in [4.78, 5) is 2.44. The molecule has 1 nitrogen and oxygen atoms in total. The Morgan fingerprint density at radius 3 is 1.44 bits per heavy atom. The number of anilines is 3. The predicted octanol–water partition coefficient (Wildman–Crippen LogP) is 11.5. The Morgan fingerprint density at radius 2 is 0.844 bits per heavy atom. The van der Waals surface area contributed by atoms with Crippen LogP contribution in [0.4, 0.5) is 17.1 Å². The Hall–Kier alpha value is -5.66. The third-order valence-corrected chi connectivity index (χ3v) is 9.76. The molecule has 9 rings (SSSR count). The third-order valence-electron chi connectivity index (χ3n) is 9.76. The van der Waals surface area contributed by atoms with E-state index in [-0.39, 0.29) is 5.41 Å². The summed E-state index contributed by atoms with van der Waals surface area (Å²) in [6, 6.07) is 62.6. The molecule has 7 aromatic rings. The van der Waals surface area contributed by atoms with E-state index in [0.29, 0.717) is 0 Å². The molecule has 2 aliphatic rings. The standard InChI is InChI=1S/C44H31N/c1-30-23-25-32(26-24-30)45(43-22-12-8-15-34(43)31-13-3-2-4-14-31)33-27-28-38-37-18-7-11-21-41(37)44(42(38)29-33)39-19-9-5-16-35(39)36-17-6-10-20-40(36)44/h2-29H,1H3. The van der Waals surface area contributed by atoms with Gasteiger partial charge in [-0.15, -0.1) is 0 Å². The highest BCUT2D eigenvalue weighted by Crippen LogP contribution is 2.63. The lowest BCUT2D eigenvalue weighted by molar-refractivity contribution is 0.793. The van der Waals surface area contributed by atoms with Crippen molar-refractivity contribution in [1.29, 1.82) is 0 Å². The largest absolute Gasteiger partial charge is 0.310 e. The van der Waals surface area contributed by atoms with E-state index in [9.17, 15) is 0 Å². The molecule has 0 heterocycles. The highest BCUT2D eigenvalue weighted by Gasteiger charge is 2.51. The Bertz CT molecular complexity index is 2160. The molecule has 1 heteroatoms. The van der Waals surface area contributed by atoms with Crippen LogP contribution in [0.25, 0.3) is 33.4 Å². The van der Waals surface area contributed by atoms with Crippen LogP contribution in [0, 0.1) is 6.92 Å². The van der Waals surface area contributed by atoms with E-state index in [0.717, 1.165) is 17.1 Å². The molecule has 45 heavy (non-hydrogen) atoms. The summed E-state index contributed by atoms with van der Waals surface area (Å²) >= 11 is 0. The van der Waals surface area contributed by atoms with Crippen molar-refractivity contribution in [2.24, 2.45) is 0 Å². The normalized spacial score (nSPS) is 13.2. The van der Waals surface area contributed by atoms with Gasteiger partial charge < -0.3 is 4.90 Å². The highest BCUT2D eigenvalue weighted by molar-refractivity contribution is 5.97. The molecule has 0 radical (unpaired) electrons. The van der Waals surface area contributed by atoms with Crippen molar-refractivity contribution >= 4 is 17.1 Å². The number of hydrogen-bond acceptors (Lipinski definition) is 1. The molecule has 7 aromatic carbocycles. The van der Waals surface area contributed by atoms with E-state index in [4.69, 9.17) is 0 Å². The molecule has 0 aliphatic heterocycles. The lowest BCUT2D eigenvalue weighted by Crippen LogP contribution is -2.26. The SMILES string of the molecule is Cc1ccc(N(c2ccc3c(c2)C2(c4ccccc4-c4ccccc42)c2ccccc2-3)c2ccccc2-c2ccccc2)cc1. The second kappa shape index (κ2) is 9.94. The van der Waals surface area contributed by atoms with Crippen LogP contribution >= 0.6 is 0 Å². The fraction of sp³-hybridized carbons (Fsp3) is 0.0455. The minimum Gasteiger partial charge on any atom is -0.310 e. The maximum absolute atomic E-state index is 2.47. The molecule has 0 amide bonds. The van der Waals surface area contributed by atoms with E-state index >= 15 is 0 Å². The van der Waals surface area contributed by atoms with Gasteiger partial charge in [-0.3, -0.25) is 0 Å². The minimum atomic E-state index is -0.382. The zero-order chi connectivity index (χ0) is 30.0. The first-order valence-corrected chi connectivity index (χ1v) is 15.7. The Kier molecular flexibility index (Phi) is 5.70. The van der Waals surface area contributed by atoms with Crippen molar-refractivity contribution in [1.82, 2.24) is 0 Å². The van der Waals surface area contributed by atoms with Crippen LogP contribution < -0.4 is 4.90 Å². The van der Waals surface area contributed by atoms with Crippen LogP contribution in [-0.2, 0) is 5.41 Å². The van der Waals surface area contributed by atoms with Crippen LogP contribution in [0.1, 0.15) is 27.8 Å². The van der Waals surface area contributed by atoms with E-state index in [1.807, 2.05) is 0 Å². The van der Waals surface area contributed by atoms with E-state index < -0.39 is 0 Å². The number of hydrogen-bond donors (Lipinski definition) is 0. The number of nitrogens with zero attached hydrogens (tertiary/aromatic N) is 1. The first-order valence-electron chi connectivity index (χ1n) is 15.7. The average Bonchev–Trinajstić information content (AvgIpc) is 3.57. The summed E-state index contributed by atoms with van der Waals surface area (Å²) < 4.78 is 0. The van der Waals surface area contributed by atoms with Gasteiger partial charge in [-0.05, 0) is 87.3 Å². The molecule has 1 spiro atoms. The van der Waals surface area contributed by atoms with E-state index in [2.05, 4.69) is 182 Å². The summed E-state index contributed by atoms with van der Waals surface area (Å²) in [6.45, 7) is 2.15. The first kappa shape index (κ1) is 25.8. The quantitative estimate of drug-likeness (QED) is 0.202. The van der Waals surface area contributed by atoms with Crippen molar-refractivity contribution in [2.75, 3.05) is 4.90 Å². The molecule has 0 N–H and O–H groups in total. The van der Waals surface area contributed by atoms with Gasteiger partial charge in [0, 0.05) is 16.9 Å². The van der Waals surface area contributed by atoms with Crippen LogP contribution in [0.15, 0.2) is 170 Å². The summed E-state index contributed by atoms with van der Waals surface area (Å²) in [7, 11) is 0. The molecule has 212 valence electrons. The minimum absolute atomic E-state index is 0.382. The molecular weight excluding hydrogens is 542 g/mol. The second-order valence-electron chi connectivity index (χ2n) is 12.2. The molecule has 0 fully saturated rings. The molecule has 0 saturated carbocycles. The van der Waals surface area contributed by atoms with Crippen molar-refractivity contribution < 1.29 is 0 Å². The van der Waals surface area contributed by atoms with Crippen molar-refractivity contribution in [3.8, 4) is 33.4 Å². The summed E-state index contributed by atoms with van der Waals surface area (Å²) in [6.07, 6.45) is 0. The summed E-state index contributed by atoms with van der Waals surface area (Å²) in [5, 5.41) is 0. The Labute approximate surface area is 264 Å². The number of para-hydroxylation sites is 1. The number of rotatable bonds is 4. The monoisotopic (exact) mass is 573 g/mol. The fourth-order valence-electron chi connectivity index (χ4n) is 7.87. The van der Waals surface area contributed by atoms with Crippen LogP contribution in [0.3, 0.4) is 0 Å². The van der Waals surface area contributed by atoms with E-state index in [1.165, 1.54) is 61.2 Å². The van der Waals surface area contributed by atoms with Gasteiger partial charge in [-0.2, -0.15) is 0 Å². The van der Waals surface area contributed by atoms with Gasteiger partial charge in [0.25, 0.3) is 0 Å². The Morgan fingerprint density at radius 1 is 0.378 bits per heavy atom. The van der Waals surface area contributed by atoms with Crippen LogP contribution in [-0.4, -0.2) is 0 Å². The topological polar surface area (TPSA) is 3.24 Å². The Balaban J connectivity index is 1.35. The predicted molar refractivity (Wildman–Crippen MR) is 188 cm³/mol. The zero-order valence-electron chi connectivity index (χ0n) is 25.1. The molecule has 0 saturated heterocycles. The maximum Gasteiger partial charge on any atom is 0.0726 e. The number of aryl methyl sites for hydroxylation is 1. The summed E-state index contributed by atoms with van der Waals surface area (Å²) in [5.74, 6) is 0. The van der Waals surface area contributed by atoms with Crippen molar-refractivity contribution in [2.45, 2.75) is 12.3 Å². The van der Waals surface area contributed by atoms with Crippen molar-refractivity contribution in [3.63, 3.8) is 0 Å². The molecule has 0 unspecified atom stereocenters. The van der Waals surface area contributed by atoms with E-state index in [1.54, 1.807) is 0 Å². The van der Waals surface area contributed by atoms with Gasteiger partial charge in [0.05, 0.1) is 11.1 Å². The van der Waals surface area contributed by atoms with Gasteiger partial charge in [-0.25, -0.2) is 0 Å². The molecule has 0 bridgehead atoms. The number of benzene rings is 7. The van der Waals surface area contributed by atoms with Gasteiger partial charge in [0.1, 0.15) is 0 Å². The average molecular weight is 574 g/mol. The van der Waals surface area contributed by atoms with Crippen molar-refractivity contribution in [3.05, 3.63) is 198 Å². The number of fused-ring (bicyclic) bond motifs is 10. The third kappa shape index (κ3) is 3.68. The zero-order valence-corrected chi connectivity index (χ0v) is 25.1. The molecule has 0 aromatic heterocycles. The van der Waals surface area contributed by atoms with Gasteiger partial charge in [0.15, 0.2) is 0 Å². The van der Waals surface area contributed by atoms with Crippen LogP contribution in [0.5, 0.6) is 0 Å². The lowest BCUT2D eigenvalue weighted by Gasteiger charge is -2.32. The lowest BCUT2D eigenvalue weighted by atomic mass is 9.70. The van der Waals surface area contributed by atoms with Gasteiger partial charge in [-0.1, -0.05) is 145 Å². The highest BCUT2D eigenvalue weighted by atomic mass is 15.1.